The molecule has 0 aliphatic heterocycles. The second-order valence-corrected chi connectivity index (χ2v) is 2.76. The maximum atomic E-state index is 10.6. The molecule has 0 aromatic heterocycles. The largest absolute Gasteiger partial charge is 0.478 e. The van der Waals surface area contributed by atoms with E-state index in [1.807, 2.05) is 13.0 Å². The first kappa shape index (κ1) is 8.78. The Bertz CT molecular complexity index is 303. The molecule has 0 aliphatic carbocycles. The highest BCUT2D eigenvalue weighted by molar-refractivity contribution is 5.88. The molecule has 12 heavy (non-hydrogen) atoms. The fraction of sp³-hybridized carbons (Fsp3) is 0.200. The van der Waals surface area contributed by atoms with Gasteiger partial charge in [0.2, 0.25) is 0 Å². The van der Waals surface area contributed by atoms with Crippen molar-refractivity contribution in [3.63, 3.8) is 0 Å². The molecule has 0 atom stereocenters. The standard InChI is InChI=1S/C10H11O2/c1-3-8-4-7(2)5-9(6-8)10(11)12/h4-6H,1,3H2,2H3,(H,11,12). The number of hydrogen-bond donors (Lipinski definition) is 1. The van der Waals surface area contributed by atoms with Crippen molar-refractivity contribution in [2.75, 3.05) is 0 Å². The van der Waals surface area contributed by atoms with Crippen LogP contribution in [0.5, 0.6) is 0 Å². The summed E-state index contributed by atoms with van der Waals surface area (Å²) in [4.78, 5) is 10.6. The Morgan fingerprint density at radius 1 is 1.50 bits per heavy atom. The van der Waals surface area contributed by atoms with Gasteiger partial charge >= 0.3 is 5.97 Å². The van der Waals surface area contributed by atoms with Gasteiger partial charge in [0.1, 0.15) is 0 Å². The maximum Gasteiger partial charge on any atom is 0.335 e. The van der Waals surface area contributed by atoms with Crippen LogP contribution in [0.2, 0.25) is 0 Å². The van der Waals surface area contributed by atoms with Gasteiger partial charge in [-0.15, -0.1) is 0 Å². The van der Waals surface area contributed by atoms with Crippen molar-refractivity contribution in [3.8, 4) is 0 Å². The van der Waals surface area contributed by atoms with Gasteiger partial charge in [-0.1, -0.05) is 11.6 Å². The van der Waals surface area contributed by atoms with Crippen LogP contribution in [-0.2, 0) is 6.42 Å². The predicted octanol–water partition coefficient (Wildman–Crippen LogP) is 2.07. The lowest BCUT2D eigenvalue weighted by Gasteiger charge is -2.01. The Balaban J connectivity index is 3.15. The van der Waals surface area contributed by atoms with Gasteiger partial charge in [-0.2, -0.15) is 0 Å². The number of carbonyl (C=O) groups is 1. The van der Waals surface area contributed by atoms with Crippen LogP contribution in [-0.4, -0.2) is 11.1 Å². The molecule has 0 saturated carbocycles. The molecule has 0 heterocycles. The minimum Gasteiger partial charge on any atom is -0.478 e. The summed E-state index contributed by atoms with van der Waals surface area (Å²) >= 11 is 0. The Morgan fingerprint density at radius 3 is 2.67 bits per heavy atom. The van der Waals surface area contributed by atoms with E-state index in [2.05, 4.69) is 6.92 Å². The molecule has 1 N–H and O–H groups in total. The second-order valence-electron chi connectivity index (χ2n) is 2.76. The van der Waals surface area contributed by atoms with Crippen LogP contribution in [0.3, 0.4) is 0 Å². The first-order chi connectivity index (χ1) is 5.63. The Morgan fingerprint density at radius 2 is 2.17 bits per heavy atom. The highest BCUT2D eigenvalue weighted by Gasteiger charge is 2.03. The Kier molecular flexibility index (Phi) is 2.48. The van der Waals surface area contributed by atoms with Gasteiger partial charge in [-0.25, -0.2) is 4.79 Å². The van der Waals surface area contributed by atoms with Crippen molar-refractivity contribution in [3.05, 3.63) is 41.8 Å². The molecule has 2 heteroatoms. The molecular weight excluding hydrogens is 152 g/mol. The molecule has 0 aliphatic rings. The van der Waals surface area contributed by atoms with Crippen LogP contribution in [0.15, 0.2) is 18.2 Å². The average molecular weight is 163 g/mol. The molecule has 1 radical (unpaired) electrons. The van der Waals surface area contributed by atoms with E-state index in [1.165, 1.54) is 0 Å². The third kappa shape index (κ3) is 1.84. The number of aryl methyl sites for hydroxylation is 1. The summed E-state index contributed by atoms with van der Waals surface area (Å²) in [5.74, 6) is -0.881. The van der Waals surface area contributed by atoms with E-state index < -0.39 is 5.97 Å². The normalized spacial score (nSPS) is 9.83. The monoisotopic (exact) mass is 163 g/mol. The van der Waals surface area contributed by atoms with Crippen LogP contribution >= 0.6 is 0 Å². The second kappa shape index (κ2) is 3.39. The van der Waals surface area contributed by atoms with Crippen molar-refractivity contribution in [2.45, 2.75) is 13.3 Å². The highest BCUT2D eigenvalue weighted by Crippen LogP contribution is 2.09. The summed E-state index contributed by atoms with van der Waals surface area (Å²) in [5, 5.41) is 8.71. The number of rotatable bonds is 2. The fourth-order valence-corrected chi connectivity index (χ4v) is 1.13. The summed E-state index contributed by atoms with van der Waals surface area (Å²) in [7, 11) is 0. The van der Waals surface area contributed by atoms with Crippen molar-refractivity contribution < 1.29 is 9.90 Å². The molecule has 0 bridgehead atoms. The lowest BCUT2D eigenvalue weighted by Crippen LogP contribution is -1.98. The number of hydrogen-bond acceptors (Lipinski definition) is 1. The fourth-order valence-electron chi connectivity index (χ4n) is 1.13. The highest BCUT2D eigenvalue weighted by atomic mass is 16.4. The number of aromatic carboxylic acids is 1. The van der Waals surface area contributed by atoms with Crippen molar-refractivity contribution in [2.24, 2.45) is 0 Å². The summed E-state index contributed by atoms with van der Waals surface area (Å²) in [6, 6.07) is 5.25. The zero-order chi connectivity index (χ0) is 9.14. The number of carboxylic acids is 1. The van der Waals surface area contributed by atoms with Crippen molar-refractivity contribution >= 4 is 5.97 Å². The van der Waals surface area contributed by atoms with E-state index in [0.29, 0.717) is 12.0 Å². The Labute approximate surface area is 71.8 Å². The van der Waals surface area contributed by atoms with Crippen LogP contribution in [0.1, 0.15) is 21.5 Å². The maximum absolute atomic E-state index is 10.6. The predicted molar refractivity (Wildman–Crippen MR) is 47.2 cm³/mol. The van der Waals surface area contributed by atoms with Gasteiger partial charge in [0.15, 0.2) is 0 Å². The molecule has 0 saturated heterocycles. The smallest absolute Gasteiger partial charge is 0.335 e. The van der Waals surface area contributed by atoms with Gasteiger partial charge in [0, 0.05) is 0 Å². The zero-order valence-corrected chi connectivity index (χ0v) is 7.00. The molecule has 1 aromatic rings. The summed E-state index contributed by atoms with van der Waals surface area (Å²) < 4.78 is 0. The molecule has 0 unspecified atom stereocenters. The lowest BCUT2D eigenvalue weighted by atomic mass is 10.1. The summed E-state index contributed by atoms with van der Waals surface area (Å²) in [5.41, 5.74) is 2.27. The minimum absolute atomic E-state index is 0.341. The molecule has 2 nitrogen and oxygen atoms in total. The van der Waals surface area contributed by atoms with E-state index in [0.717, 1.165) is 11.1 Å². The van der Waals surface area contributed by atoms with E-state index in [4.69, 9.17) is 5.11 Å². The van der Waals surface area contributed by atoms with Crippen LogP contribution in [0.4, 0.5) is 0 Å². The van der Waals surface area contributed by atoms with E-state index in [9.17, 15) is 4.79 Å². The zero-order valence-electron chi connectivity index (χ0n) is 7.00. The van der Waals surface area contributed by atoms with E-state index in [1.54, 1.807) is 12.1 Å². The van der Waals surface area contributed by atoms with Gasteiger partial charge in [-0.05, 0) is 38.0 Å². The quantitative estimate of drug-likeness (QED) is 0.724. The van der Waals surface area contributed by atoms with E-state index >= 15 is 0 Å². The molecule has 0 fully saturated rings. The molecular formula is C10H11O2. The minimum atomic E-state index is -0.881. The van der Waals surface area contributed by atoms with Crippen LogP contribution in [0.25, 0.3) is 0 Å². The van der Waals surface area contributed by atoms with Crippen LogP contribution < -0.4 is 0 Å². The number of carboxylic acid groups (broad SMARTS) is 1. The third-order valence-corrected chi connectivity index (χ3v) is 1.67. The van der Waals surface area contributed by atoms with Crippen molar-refractivity contribution in [1.82, 2.24) is 0 Å². The average Bonchev–Trinajstić information content (AvgIpc) is 2.03. The van der Waals surface area contributed by atoms with Gasteiger partial charge < -0.3 is 5.11 Å². The van der Waals surface area contributed by atoms with Crippen molar-refractivity contribution in [1.29, 1.82) is 0 Å². The van der Waals surface area contributed by atoms with Gasteiger partial charge in [0.25, 0.3) is 0 Å². The molecule has 63 valence electrons. The lowest BCUT2D eigenvalue weighted by molar-refractivity contribution is 0.0696. The molecule has 1 aromatic carbocycles. The summed E-state index contributed by atoms with van der Waals surface area (Å²) in [6.07, 6.45) is 0.627. The van der Waals surface area contributed by atoms with E-state index in [-0.39, 0.29) is 0 Å². The first-order valence-corrected chi connectivity index (χ1v) is 3.76. The SMILES string of the molecule is [CH2]Cc1cc(C)cc(C(=O)O)c1. The molecule has 0 spiro atoms. The molecule has 0 amide bonds. The summed E-state index contributed by atoms with van der Waals surface area (Å²) in [6.45, 7) is 5.59. The van der Waals surface area contributed by atoms with Gasteiger partial charge in [0.05, 0.1) is 5.56 Å². The topological polar surface area (TPSA) is 37.3 Å². The number of benzene rings is 1. The van der Waals surface area contributed by atoms with Gasteiger partial charge in [-0.3, -0.25) is 0 Å². The first-order valence-electron chi connectivity index (χ1n) is 3.76. The molecule has 1 rings (SSSR count). The third-order valence-electron chi connectivity index (χ3n) is 1.67. The van der Waals surface area contributed by atoms with Crippen LogP contribution in [0, 0.1) is 13.8 Å². The Hall–Kier alpha value is -1.31.